The van der Waals surface area contributed by atoms with Crippen molar-refractivity contribution in [2.45, 2.75) is 25.8 Å². The van der Waals surface area contributed by atoms with E-state index in [2.05, 4.69) is 20.9 Å². The van der Waals surface area contributed by atoms with Gasteiger partial charge in [-0.2, -0.15) is 0 Å². The number of ether oxygens (including phenoxy) is 1. The van der Waals surface area contributed by atoms with Crippen LogP contribution < -0.4 is 20.7 Å². The molecule has 8 heteroatoms. The number of benzene rings is 2. The first-order chi connectivity index (χ1) is 15.1. The minimum absolute atomic E-state index is 0.0303. The number of rotatable bonds is 7. The first kappa shape index (κ1) is 22.7. The predicted molar refractivity (Wildman–Crippen MR) is 126 cm³/mol. The molecule has 0 spiro atoms. The molecule has 1 heterocycles. The van der Waals surface area contributed by atoms with Crippen LogP contribution in [0.3, 0.4) is 0 Å². The molecule has 0 saturated carbocycles. The molecule has 0 atom stereocenters. The van der Waals surface area contributed by atoms with Crippen molar-refractivity contribution in [3.05, 3.63) is 58.6 Å². The topological polar surface area (TPSA) is 78.0 Å². The van der Waals surface area contributed by atoms with Crippen LogP contribution in [0.1, 0.15) is 24.0 Å². The number of carbonyl (C=O) groups excluding carboxylic acids is 1. The third kappa shape index (κ3) is 6.79. The van der Waals surface area contributed by atoms with E-state index in [1.165, 1.54) is 0 Å². The number of anilines is 1. The Morgan fingerprint density at radius 3 is 2.68 bits per heavy atom. The van der Waals surface area contributed by atoms with Gasteiger partial charge in [-0.25, -0.2) is 4.79 Å². The van der Waals surface area contributed by atoms with Crippen LogP contribution in [0.4, 0.5) is 10.5 Å². The Morgan fingerprint density at radius 1 is 1.16 bits per heavy atom. The minimum Gasteiger partial charge on any atom is -0.497 e. The van der Waals surface area contributed by atoms with E-state index in [0.29, 0.717) is 24.1 Å². The molecule has 3 rings (SSSR count). The molecule has 1 saturated heterocycles. The Labute approximate surface area is 188 Å². The molecule has 31 heavy (non-hydrogen) atoms. The summed E-state index contributed by atoms with van der Waals surface area (Å²) in [6.45, 7) is 2.95. The lowest BCUT2D eigenvalue weighted by Gasteiger charge is -2.17. The molecule has 2 aromatic rings. The lowest BCUT2D eigenvalue weighted by Crippen LogP contribution is -2.37. The van der Waals surface area contributed by atoms with Gasteiger partial charge in [0.05, 0.1) is 7.11 Å². The number of likely N-dealkylation sites (tertiary alicyclic amines) is 1. The van der Waals surface area contributed by atoms with Crippen LogP contribution >= 0.6 is 11.6 Å². The van der Waals surface area contributed by atoms with Gasteiger partial charge in [0.1, 0.15) is 5.75 Å². The lowest BCUT2D eigenvalue weighted by molar-refractivity contribution is 0.222. The van der Waals surface area contributed by atoms with Crippen LogP contribution in [0, 0.1) is 0 Å². The standard InChI is InChI=1S/C23H30ClN5O2/c1-25-22(26-11-10-18-8-9-20(31-2)15-21(18)24)27-16-17-6-5-7-19(14-17)28-23(30)29-12-3-4-13-29/h5-9,14-15H,3-4,10-13,16H2,1-2H3,(H,28,30)(H2,25,26,27). The van der Waals surface area contributed by atoms with Gasteiger partial charge in [-0.05, 0) is 54.7 Å². The fourth-order valence-electron chi connectivity index (χ4n) is 3.46. The summed E-state index contributed by atoms with van der Waals surface area (Å²) in [4.78, 5) is 18.4. The Kier molecular flexibility index (Phi) is 8.41. The Balaban J connectivity index is 1.46. The Morgan fingerprint density at radius 2 is 1.97 bits per heavy atom. The molecule has 3 N–H and O–H groups in total. The highest BCUT2D eigenvalue weighted by Crippen LogP contribution is 2.22. The van der Waals surface area contributed by atoms with Gasteiger partial charge in [0, 0.05) is 43.9 Å². The van der Waals surface area contributed by atoms with Crippen molar-refractivity contribution in [2.24, 2.45) is 4.99 Å². The third-order valence-corrected chi connectivity index (χ3v) is 5.55. The molecule has 0 unspecified atom stereocenters. The van der Waals surface area contributed by atoms with E-state index in [-0.39, 0.29) is 6.03 Å². The highest BCUT2D eigenvalue weighted by Gasteiger charge is 2.17. The van der Waals surface area contributed by atoms with Crippen molar-refractivity contribution in [2.75, 3.05) is 39.1 Å². The maximum absolute atomic E-state index is 12.3. The predicted octanol–water partition coefficient (Wildman–Crippen LogP) is 3.88. The summed E-state index contributed by atoms with van der Waals surface area (Å²) in [7, 11) is 3.36. The number of hydrogen-bond donors (Lipinski definition) is 3. The van der Waals surface area contributed by atoms with Gasteiger partial charge in [-0.15, -0.1) is 0 Å². The number of guanidine groups is 1. The normalized spacial score (nSPS) is 13.8. The summed E-state index contributed by atoms with van der Waals surface area (Å²) in [5, 5.41) is 10.3. The zero-order chi connectivity index (χ0) is 22.1. The maximum atomic E-state index is 12.3. The summed E-state index contributed by atoms with van der Waals surface area (Å²) >= 11 is 6.30. The van der Waals surface area contributed by atoms with Gasteiger partial charge in [0.2, 0.25) is 0 Å². The zero-order valence-corrected chi connectivity index (χ0v) is 18.8. The number of urea groups is 1. The Bertz CT molecular complexity index is 913. The van der Waals surface area contributed by atoms with Crippen LogP contribution in [0.2, 0.25) is 5.02 Å². The number of amides is 2. The molecular formula is C23H30ClN5O2. The number of halogens is 1. The van der Waals surface area contributed by atoms with Crippen molar-refractivity contribution in [1.82, 2.24) is 15.5 Å². The third-order valence-electron chi connectivity index (χ3n) is 5.20. The van der Waals surface area contributed by atoms with E-state index in [4.69, 9.17) is 16.3 Å². The molecule has 2 aromatic carbocycles. The second kappa shape index (κ2) is 11.5. The fourth-order valence-corrected chi connectivity index (χ4v) is 3.73. The van der Waals surface area contributed by atoms with Crippen molar-refractivity contribution in [3.8, 4) is 5.75 Å². The summed E-state index contributed by atoms with van der Waals surface area (Å²) in [5.41, 5.74) is 2.90. The van der Waals surface area contributed by atoms with E-state index >= 15 is 0 Å². The van der Waals surface area contributed by atoms with Gasteiger partial charge >= 0.3 is 6.03 Å². The van der Waals surface area contributed by atoms with Crippen LogP contribution in [0.15, 0.2) is 47.5 Å². The van der Waals surface area contributed by atoms with Gasteiger partial charge < -0.3 is 25.6 Å². The molecule has 1 fully saturated rings. The first-order valence-corrected chi connectivity index (χ1v) is 10.9. The quantitative estimate of drug-likeness (QED) is 0.448. The highest BCUT2D eigenvalue weighted by molar-refractivity contribution is 6.31. The average Bonchev–Trinajstić information content (AvgIpc) is 3.32. The Hall–Kier alpha value is -2.93. The molecule has 0 aliphatic carbocycles. The number of nitrogens with zero attached hydrogens (tertiary/aromatic N) is 2. The molecule has 0 aromatic heterocycles. The number of nitrogens with one attached hydrogen (secondary N) is 3. The largest absolute Gasteiger partial charge is 0.497 e. The van der Waals surface area contributed by atoms with E-state index in [1.807, 2.05) is 47.4 Å². The molecule has 7 nitrogen and oxygen atoms in total. The van der Waals surface area contributed by atoms with E-state index in [9.17, 15) is 4.79 Å². The minimum atomic E-state index is -0.0303. The lowest BCUT2D eigenvalue weighted by atomic mass is 10.1. The summed E-state index contributed by atoms with van der Waals surface area (Å²) in [6, 6.07) is 13.5. The monoisotopic (exact) mass is 443 g/mol. The first-order valence-electron chi connectivity index (χ1n) is 10.5. The van der Waals surface area contributed by atoms with Crippen molar-refractivity contribution in [1.29, 1.82) is 0 Å². The van der Waals surface area contributed by atoms with Crippen LogP contribution in [0.5, 0.6) is 5.75 Å². The van der Waals surface area contributed by atoms with Crippen molar-refractivity contribution < 1.29 is 9.53 Å². The van der Waals surface area contributed by atoms with E-state index < -0.39 is 0 Å². The summed E-state index contributed by atoms with van der Waals surface area (Å²) in [6.07, 6.45) is 2.92. The van der Waals surface area contributed by atoms with Gasteiger partial charge in [0.15, 0.2) is 5.96 Å². The number of carbonyl (C=O) groups is 1. The van der Waals surface area contributed by atoms with Crippen molar-refractivity contribution >= 4 is 29.3 Å². The van der Waals surface area contributed by atoms with Gasteiger partial charge in [0.25, 0.3) is 0 Å². The SMILES string of the molecule is CN=C(NCCc1ccc(OC)cc1Cl)NCc1cccc(NC(=O)N2CCCC2)c1. The fraction of sp³-hybridized carbons (Fsp3) is 0.391. The number of hydrogen-bond acceptors (Lipinski definition) is 3. The van der Waals surface area contributed by atoms with Gasteiger partial charge in [-0.3, -0.25) is 4.99 Å². The number of aliphatic imine (C=N–C) groups is 1. The molecule has 2 amide bonds. The molecule has 166 valence electrons. The van der Waals surface area contributed by atoms with Crippen molar-refractivity contribution in [3.63, 3.8) is 0 Å². The second-order valence-corrected chi connectivity index (χ2v) is 7.79. The number of methoxy groups -OCH3 is 1. The smallest absolute Gasteiger partial charge is 0.321 e. The molecular weight excluding hydrogens is 414 g/mol. The molecule has 0 bridgehead atoms. The van der Waals surface area contributed by atoms with E-state index in [1.54, 1.807) is 14.2 Å². The summed E-state index contributed by atoms with van der Waals surface area (Å²) < 4.78 is 5.18. The molecule has 0 radical (unpaired) electrons. The van der Waals surface area contributed by atoms with Gasteiger partial charge in [-0.1, -0.05) is 29.8 Å². The molecule has 1 aliphatic rings. The summed E-state index contributed by atoms with van der Waals surface area (Å²) in [5.74, 6) is 1.45. The molecule has 1 aliphatic heterocycles. The van der Waals surface area contributed by atoms with Crippen LogP contribution in [-0.2, 0) is 13.0 Å². The second-order valence-electron chi connectivity index (χ2n) is 7.38. The maximum Gasteiger partial charge on any atom is 0.321 e. The van der Waals surface area contributed by atoms with E-state index in [0.717, 1.165) is 54.9 Å². The zero-order valence-electron chi connectivity index (χ0n) is 18.1. The van der Waals surface area contributed by atoms with Crippen LogP contribution in [0.25, 0.3) is 0 Å². The highest BCUT2D eigenvalue weighted by atomic mass is 35.5. The van der Waals surface area contributed by atoms with Crippen LogP contribution in [-0.4, -0.2) is 50.7 Å². The average molecular weight is 444 g/mol.